The Morgan fingerprint density at radius 3 is 2.89 bits per heavy atom. The van der Waals surface area contributed by atoms with Gasteiger partial charge in [0.15, 0.2) is 0 Å². The fourth-order valence-electron chi connectivity index (χ4n) is 2.81. The van der Waals surface area contributed by atoms with E-state index in [4.69, 9.17) is 4.74 Å². The summed E-state index contributed by atoms with van der Waals surface area (Å²) >= 11 is 1.84. The monoisotopic (exact) mass is 286 g/mol. The zero-order valence-electron chi connectivity index (χ0n) is 11.9. The molecule has 4 nitrogen and oxygen atoms in total. The molecule has 2 fully saturated rings. The van der Waals surface area contributed by atoms with E-state index in [1.54, 1.807) is 7.11 Å². The van der Waals surface area contributed by atoms with Gasteiger partial charge in [-0.2, -0.15) is 0 Å². The van der Waals surface area contributed by atoms with E-state index in [0.29, 0.717) is 18.6 Å². The first kappa shape index (κ1) is 15.1. The molecule has 1 N–H and O–H groups in total. The molecule has 19 heavy (non-hydrogen) atoms. The van der Waals surface area contributed by atoms with E-state index in [1.807, 2.05) is 16.7 Å². The van der Waals surface area contributed by atoms with Crippen molar-refractivity contribution >= 4 is 17.7 Å². The second kappa shape index (κ2) is 8.12. The quantitative estimate of drug-likeness (QED) is 0.803. The molecule has 0 aliphatic carbocycles. The van der Waals surface area contributed by atoms with Gasteiger partial charge in [-0.05, 0) is 38.0 Å². The molecule has 0 radical (unpaired) electrons. The van der Waals surface area contributed by atoms with Gasteiger partial charge < -0.3 is 15.0 Å². The second-order valence-corrected chi connectivity index (χ2v) is 6.74. The summed E-state index contributed by atoms with van der Waals surface area (Å²) in [5, 5.41) is 3.67. The molecule has 0 spiro atoms. The lowest BCUT2D eigenvalue weighted by Gasteiger charge is -2.30. The molecule has 2 rings (SSSR count). The van der Waals surface area contributed by atoms with Crippen molar-refractivity contribution in [1.29, 1.82) is 0 Å². The highest BCUT2D eigenvalue weighted by atomic mass is 32.2. The summed E-state index contributed by atoms with van der Waals surface area (Å²) in [6.07, 6.45) is 5.93. The highest BCUT2D eigenvalue weighted by Gasteiger charge is 2.28. The fourth-order valence-corrected chi connectivity index (χ4v) is 4.09. The predicted octanol–water partition coefficient (Wildman–Crippen LogP) is 1.50. The minimum Gasteiger partial charge on any atom is -0.383 e. The molecule has 2 saturated heterocycles. The van der Waals surface area contributed by atoms with Gasteiger partial charge >= 0.3 is 0 Å². The van der Waals surface area contributed by atoms with Crippen LogP contribution in [0.1, 0.15) is 32.1 Å². The molecular weight excluding hydrogens is 260 g/mol. The summed E-state index contributed by atoms with van der Waals surface area (Å²) in [5.74, 6) is 1.46. The molecule has 1 amide bonds. The predicted molar refractivity (Wildman–Crippen MR) is 79.6 cm³/mol. The second-order valence-electron chi connectivity index (χ2n) is 5.43. The molecular formula is C14H26N2O2S. The van der Waals surface area contributed by atoms with Crippen LogP contribution >= 0.6 is 11.8 Å². The van der Waals surface area contributed by atoms with Gasteiger partial charge in [0.25, 0.3) is 0 Å². The molecule has 2 atom stereocenters. The summed E-state index contributed by atoms with van der Waals surface area (Å²) in [6, 6.07) is 0.481. The number of hydrogen-bond donors (Lipinski definition) is 1. The Bertz CT molecular complexity index is 277. The number of amides is 1. The van der Waals surface area contributed by atoms with Gasteiger partial charge in [0.2, 0.25) is 5.91 Å². The lowest BCUT2D eigenvalue weighted by Crippen LogP contribution is -2.46. The van der Waals surface area contributed by atoms with Crippen molar-refractivity contribution in [2.75, 3.05) is 39.1 Å². The molecule has 5 heteroatoms. The molecule has 0 bridgehead atoms. The van der Waals surface area contributed by atoms with Crippen LogP contribution in [-0.4, -0.2) is 61.2 Å². The van der Waals surface area contributed by atoms with E-state index in [-0.39, 0.29) is 5.25 Å². The first-order chi connectivity index (χ1) is 9.31. The van der Waals surface area contributed by atoms with Gasteiger partial charge in [0.1, 0.15) is 0 Å². The van der Waals surface area contributed by atoms with Crippen molar-refractivity contribution in [2.45, 2.75) is 43.4 Å². The van der Waals surface area contributed by atoms with E-state index in [1.165, 1.54) is 25.7 Å². The smallest absolute Gasteiger partial charge is 0.235 e. The third-order valence-corrected chi connectivity index (χ3v) is 5.30. The molecule has 0 aromatic carbocycles. The highest BCUT2D eigenvalue weighted by molar-refractivity contribution is 8.00. The third-order valence-electron chi connectivity index (χ3n) is 3.94. The van der Waals surface area contributed by atoms with Crippen LogP contribution < -0.4 is 5.32 Å². The van der Waals surface area contributed by atoms with E-state index in [0.717, 1.165) is 31.8 Å². The summed E-state index contributed by atoms with van der Waals surface area (Å²) in [5.41, 5.74) is 0. The topological polar surface area (TPSA) is 41.6 Å². The van der Waals surface area contributed by atoms with Gasteiger partial charge in [0.05, 0.1) is 11.9 Å². The summed E-state index contributed by atoms with van der Waals surface area (Å²) in [6.45, 7) is 3.30. The normalized spacial score (nSPS) is 27.4. The lowest BCUT2D eigenvalue weighted by atomic mass is 10.1. The van der Waals surface area contributed by atoms with Crippen LogP contribution in [0.15, 0.2) is 0 Å². The Morgan fingerprint density at radius 2 is 2.26 bits per heavy atom. The van der Waals surface area contributed by atoms with Crippen molar-refractivity contribution in [3.8, 4) is 0 Å². The van der Waals surface area contributed by atoms with Crippen LogP contribution in [-0.2, 0) is 9.53 Å². The molecule has 0 aromatic rings. The SMILES string of the molecule is COCCN(CC1CCCN1)C(=O)C1CCCCS1. The maximum atomic E-state index is 12.6. The Hall–Kier alpha value is -0.260. The summed E-state index contributed by atoms with van der Waals surface area (Å²) in [7, 11) is 1.70. The number of rotatable bonds is 6. The fraction of sp³-hybridized carbons (Fsp3) is 0.929. The minimum absolute atomic E-state index is 0.187. The maximum Gasteiger partial charge on any atom is 0.235 e. The number of hydrogen-bond acceptors (Lipinski definition) is 4. The number of methoxy groups -OCH3 is 1. The Labute approximate surface area is 120 Å². The van der Waals surface area contributed by atoms with Crippen molar-refractivity contribution in [1.82, 2.24) is 10.2 Å². The van der Waals surface area contributed by atoms with Gasteiger partial charge in [-0.1, -0.05) is 6.42 Å². The Kier molecular flexibility index (Phi) is 6.47. The standard InChI is InChI=1S/C14H26N2O2S/c1-18-9-8-16(11-12-5-4-7-15-12)14(17)13-6-2-3-10-19-13/h12-13,15H,2-11H2,1H3. The number of nitrogens with one attached hydrogen (secondary N) is 1. The molecule has 110 valence electrons. The molecule has 2 heterocycles. The molecule has 0 saturated carbocycles. The first-order valence-corrected chi connectivity index (χ1v) is 8.49. The van der Waals surface area contributed by atoms with E-state index in [9.17, 15) is 4.79 Å². The van der Waals surface area contributed by atoms with Crippen molar-refractivity contribution in [3.63, 3.8) is 0 Å². The summed E-state index contributed by atoms with van der Waals surface area (Å²) < 4.78 is 5.15. The van der Waals surface area contributed by atoms with Crippen LogP contribution in [0.25, 0.3) is 0 Å². The Morgan fingerprint density at radius 1 is 1.37 bits per heavy atom. The number of carbonyl (C=O) groups excluding carboxylic acids is 1. The van der Waals surface area contributed by atoms with E-state index >= 15 is 0 Å². The summed E-state index contributed by atoms with van der Waals surface area (Å²) in [4.78, 5) is 14.6. The molecule has 2 aliphatic heterocycles. The zero-order chi connectivity index (χ0) is 13.5. The number of carbonyl (C=O) groups is 1. The van der Waals surface area contributed by atoms with Gasteiger partial charge in [-0.15, -0.1) is 11.8 Å². The van der Waals surface area contributed by atoms with Crippen molar-refractivity contribution in [3.05, 3.63) is 0 Å². The van der Waals surface area contributed by atoms with Crippen molar-refractivity contribution in [2.24, 2.45) is 0 Å². The van der Waals surface area contributed by atoms with Gasteiger partial charge in [0, 0.05) is 26.2 Å². The average molecular weight is 286 g/mol. The number of thioether (sulfide) groups is 1. The van der Waals surface area contributed by atoms with Crippen LogP contribution in [0.5, 0.6) is 0 Å². The highest BCUT2D eigenvalue weighted by Crippen LogP contribution is 2.26. The van der Waals surface area contributed by atoms with Crippen LogP contribution in [0.4, 0.5) is 0 Å². The third kappa shape index (κ3) is 4.65. The van der Waals surface area contributed by atoms with Gasteiger partial charge in [-0.25, -0.2) is 0 Å². The van der Waals surface area contributed by atoms with E-state index in [2.05, 4.69) is 5.32 Å². The van der Waals surface area contributed by atoms with E-state index < -0.39 is 0 Å². The molecule has 0 aromatic heterocycles. The number of ether oxygens (including phenoxy) is 1. The molecule has 2 unspecified atom stereocenters. The van der Waals surface area contributed by atoms with Gasteiger partial charge in [-0.3, -0.25) is 4.79 Å². The number of nitrogens with zero attached hydrogens (tertiary/aromatic N) is 1. The Balaban J connectivity index is 1.88. The molecule has 2 aliphatic rings. The average Bonchev–Trinajstić information content (AvgIpc) is 2.96. The van der Waals surface area contributed by atoms with Crippen LogP contribution in [0.2, 0.25) is 0 Å². The lowest BCUT2D eigenvalue weighted by molar-refractivity contribution is -0.131. The minimum atomic E-state index is 0.187. The van der Waals surface area contributed by atoms with Crippen LogP contribution in [0, 0.1) is 0 Å². The zero-order valence-corrected chi connectivity index (χ0v) is 12.7. The van der Waals surface area contributed by atoms with Crippen LogP contribution in [0.3, 0.4) is 0 Å². The maximum absolute atomic E-state index is 12.6. The largest absolute Gasteiger partial charge is 0.383 e. The van der Waals surface area contributed by atoms with Crippen molar-refractivity contribution < 1.29 is 9.53 Å². The first-order valence-electron chi connectivity index (χ1n) is 7.44.